The van der Waals surface area contributed by atoms with Crippen LogP contribution >= 0.6 is 0 Å². The lowest BCUT2D eigenvalue weighted by molar-refractivity contribution is -0.128. The van der Waals surface area contributed by atoms with Gasteiger partial charge in [-0.15, -0.1) is 0 Å². The Bertz CT molecular complexity index is 667. The molecule has 1 amide bonds. The van der Waals surface area contributed by atoms with Crippen molar-refractivity contribution in [1.29, 1.82) is 0 Å². The van der Waals surface area contributed by atoms with E-state index >= 15 is 0 Å². The first kappa shape index (κ1) is 17.1. The zero-order chi connectivity index (χ0) is 17.0. The molecule has 0 fully saturated rings. The van der Waals surface area contributed by atoms with Gasteiger partial charge in [0.25, 0.3) is 0 Å². The Morgan fingerprint density at radius 3 is 2.48 bits per heavy atom. The van der Waals surface area contributed by atoms with Crippen molar-refractivity contribution >= 4 is 5.91 Å². The number of nitrogens with one attached hydrogen (secondary N) is 1. The smallest absolute Gasteiger partial charge is 0.226 e. The van der Waals surface area contributed by atoms with Gasteiger partial charge in [-0.2, -0.15) is 0 Å². The van der Waals surface area contributed by atoms with Gasteiger partial charge in [-0.25, -0.2) is 4.98 Å². The van der Waals surface area contributed by atoms with Crippen molar-refractivity contribution in [1.82, 2.24) is 10.3 Å². The molecule has 0 radical (unpaired) electrons. The SMILES string of the molecule is COc1ccc(-c2nc(CCNC(=O)C(C)(C)C)c(C)o2)cc1. The van der Waals surface area contributed by atoms with Gasteiger partial charge in [0.05, 0.1) is 12.8 Å². The van der Waals surface area contributed by atoms with E-state index in [-0.39, 0.29) is 11.3 Å². The van der Waals surface area contributed by atoms with E-state index in [4.69, 9.17) is 9.15 Å². The van der Waals surface area contributed by atoms with Crippen LogP contribution in [-0.2, 0) is 11.2 Å². The molecule has 1 N–H and O–H groups in total. The Hall–Kier alpha value is -2.30. The van der Waals surface area contributed by atoms with E-state index in [1.807, 2.05) is 52.0 Å². The number of benzene rings is 1. The van der Waals surface area contributed by atoms with Gasteiger partial charge < -0.3 is 14.5 Å². The van der Waals surface area contributed by atoms with Gasteiger partial charge in [-0.3, -0.25) is 4.79 Å². The summed E-state index contributed by atoms with van der Waals surface area (Å²) in [6.45, 7) is 8.12. The number of ether oxygens (including phenoxy) is 1. The first-order chi connectivity index (χ1) is 10.8. The Morgan fingerprint density at radius 2 is 1.91 bits per heavy atom. The van der Waals surface area contributed by atoms with Gasteiger partial charge >= 0.3 is 0 Å². The number of rotatable bonds is 5. The molecule has 124 valence electrons. The maximum absolute atomic E-state index is 11.9. The largest absolute Gasteiger partial charge is 0.497 e. The Kier molecular flexibility index (Phi) is 5.08. The molecular weight excluding hydrogens is 292 g/mol. The summed E-state index contributed by atoms with van der Waals surface area (Å²) in [5.74, 6) is 2.19. The fourth-order valence-corrected chi connectivity index (χ4v) is 2.08. The predicted octanol–water partition coefficient (Wildman–Crippen LogP) is 3.36. The molecule has 0 unspecified atom stereocenters. The summed E-state index contributed by atoms with van der Waals surface area (Å²) in [6, 6.07) is 7.57. The van der Waals surface area contributed by atoms with Crippen LogP contribution in [0, 0.1) is 12.3 Å². The summed E-state index contributed by atoms with van der Waals surface area (Å²) >= 11 is 0. The highest BCUT2D eigenvalue weighted by atomic mass is 16.5. The van der Waals surface area contributed by atoms with E-state index in [2.05, 4.69) is 10.3 Å². The molecule has 5 heteroatoms. The van der Waals surface area contributed by atoms with Crippen LogP contribution in [-0.4, -0.2) is 24.5 Å². The molecule has 0 atom stereocenters. The van der Waals surface area contributed by atoms with Crippen LogP contribution in [0.15, 0.2) is 28.7 Å². The number of aromatic nitrogens is 1. The standard InChI is InChI=1S/C18H24N2O3/c1-12-15(10-11-19-17(21)18(2,3)4)20-16(23-12)13-6-8-14(22-5)9-7-13/h6-9H,10-11H2,1-5H3,(H,19,21). The average Bonchev–Trinajstić information content (AvgIpc) is 2.87. The maximum atomic E-state index is 11.9. The van der Waals surface area contributed by atoms with Crippen molar-refractivity contribution in [2.45, 2.75) is 34.1 Å². The molecule has 0 aliphatic rings. The quantitative estimate of drug-likeness (QED) is 0.918. The molecule has 0 aliphatic carbocycles. The van der Waals surface area contributed by atoms with Crippen molar-refractivity contribution in [3.8, 4) is 17.2 Å². The van der Waals surface area contributed by atoms with Crippen LogP contribution in [0.25, 0.3) is 11.5 Å². The molecule has 1 aromatic heterocycles. The van der Waals surface area contributed by atoms with Crippen LogP contribution in [0.5, 0.6) is 5.75 Å². The lowest BCUT2D eigenvalue weighted by atomic mass is 9.96. The van der Waals surface area contributed by atoms with Crippen molar-refractivity contribution < 1.29 is 13.9 Å². The summed E-state index contributed by atoms with van der Waals surface area (Å²) in [4.78, 5) is 16.4. The summed E-state index contributed by atoms with van der Waals surface area (Å²) < 4.78 is 10.9. The number of aryl methyl sites for hydroxylation is 1. The minimum absolute atomic E-state index is 0.0361. The molecule has 5 nitrogen and oxygen atoms in total. The van der Waals surface area contributed by atoms with Crippen LogP contribution < -0.4 is 10.1 Å². The minimum atomic E-state index is -0.382. The summed E-state index contributed by atoms with van der Waals surface area (Å²) in [5, 5.41) is 2.93. The van der Waals surface area contributed by atoms with Gasteiger partial charge in [0, 0.05) is 23.9 Å². The van der Waals surface area contributed by atoms with E-state index in [1.54, 1.807) is 7.11 Å². The number of hydrogen-bond acceptors (Lipinski definition) is 4. The van der Waals surface area contributed by atoms with Crippen LogP contribution in [0.2, 0.25) is 0 Å². The highest BCUT2D eigenvalue weighted by Crippen LogP contribution is 2.24. The van der Waals surface area contributed by atoms with Gasteiger partial charge in [0.2, 0.25) is 11.8 Å². The third kappa shape index (κ3) is 4.34. The van der Waals surface area contributed by atoms with Crippen LogP contribution in [0.4, 0.5) is 0 Å². The molecule has 2 rings (SSSR count). The fourth-order valence-electron chi connectivity index (χ4n) is 2.08. The van der Waals surface area contributed by atoms with Crippen LogP contribution in [0.3, 0.4) is 0 Å². The monoisotopic (exact) mass is 316 g/mol. The summed E-state index contributed by atoms with van der Waals surface area (Å²) in [6.07, 6.45) is 0.646. The second-order valence-electron chi connectivity index (χ2n) is 6.51. The molecule has 1 aromatic carbocycles. The molecule has 0 saturated carbocycles. The Balaban J connectivity index is 2.02. The van der Waals surface area contributed by atoms with Gasteiger partial charge in [-0.1, -0.05) is 20.8 Å². The lowest BCUT2D eigenvalue weighted by Gasteiger charge is -2.17. The molecule has 2 aromatic rings. The molecular formula is C18H24N2O3. The number of carbonyl (C=O) groups excluding carboxylic acids is 1. The Labute approximate surface area is 137 Å². The molecule has 0 bridgehead atoms. The average molecular weight is 316 g/mol. The number of amides is 1. The van der Waals surface area contributed by atoms with E-state index in [9.17, 15) is 4.79 Å². The number of nitrogens with zero attached hydrogens (tertiary/aromatic N) is 1. The highest BCUT2D eigenvalue weighted by molar-refractivity contribution is 5.81. The zero-order valence-electron chi connectivity index (χ0n) is 14.4. The van der Waals surface area contributed by atoms with Gasteiger partial charge in [0.15, 0.2) is 0 Å². The third-order valence-electron chi connectivity index (χ3n) is 3.56. The van der Waals surface area contributed by atoms with Crippen molar-refractivity contribution in [3.63, 3.8) is 0 Å². The maximum Gasteiger partial charge on any atom is 0.226 e. The number of oxazole rings is 1. The Morgan fingerprint density at radius 1 is 1.26 bits per heavy atom. The molecule has 0 spiro atoms. The molecule has 0 aliphatic heterocycles. The van der Waals surface area contributed by atoms with Crippen molar-refractivity contribution in [2.24, 2.45) is 5.41 Å². The van der Waals surface area contributed by atoms with E-state index in [1.165, 1.54) is 0 Å². The summed E-state index contributed by atoms with van der Waals surface area (Å²) in [5.41, 5.74) is 1.39. The number of hydrogen-bond donors (Lipinski definition) is 1. The molecule has 0 saturated heterocycles. The first-order valence-corrected chi connectivity index (χ1v) is 7.70. The second kappa shape index (κ2) is 6.86. The molecule has 1 heterocycles. The fraction of sp³-hybridized carbons (Fsp3) is 0.444. The van der Waals surface area contributed by atoms with Crippen molar-refractivity contribution in [2.75, 3.05) is 13.7 Å². The summed E-state index contributed by atoms with van der Waals surface area (Å²) in [7, 11) is 1.63. The number of carbonyl (C=O) groups is 1. The molecule has 23 heavy (non-hydrogen) atoms. The van der Waals surface area contributed by atoms with E-state index in [0.717, 1.165) is 22.8 Å². The predicted molar refractivity (Wildman–Crippen MR) is 89.4 cm³/mol. The zero-order valence-corrected chi connectivity index (χ0v) is 14.4. The highest BCUT2D eigenvalue weighted by Gasteiger charge is 2.20. The van der Waals surface area contributed by atoms with Gasteiger partial charge in [-0.05, 0) is 31.2 Å². The topological polar surface area (TPSA) is 64.4 Å². The number of methoxy groups -OCH3 is 1. The van der Waals surface area contributed by atoms with Gasteiger partial charge in [0.1, 0.15) is 11.5 Å². The lowest BCUT2D eigenvalue weighted by Crippen LogP contribution is -2.36. The van der Waals surface area contributed by atoms with E-state index < -0.39 is 0 Å². The van der Waals surface area contributed by atoms with E-state index in [0.29, 0.717) is 18.9 Å². The normalized spacial score (nSPS) is 11.3. The second-order valence-corrected chi connectivity index (χ2v) is 6.51. The first-order valence-electron chi connectivity index (χ1n) is 7.70. The van der Waals surface area contributed by atoms with Crippen molar-refractivity contribution in [3.05, 3.63) is 35.7 Å². The van der Waals surface area contributed by atoms with Crippen LogP contribution in [0.1, 0.15) is 32.2 Å². The third-order valence-corrected chi connectivity index (χ3v) is 3.56. The minimum Gasteiger partial charge on any atom is -0.497 e.